The minimum atomic E-state index is 0.682. The van der Waals surface area contributed by atoms with Crippen LogP contribution in [-0.2, 0) is 13.1 Å². The van der Waals surface area contributed by atoms with E-state index >= 15 is 0 Å². The molecule has 4 heteroatoms. The number of aryl methyl sites for hydroxylation is 1. The summed E-state index contributed by atoms with van der Waals surface area (Å²) in [5.41, 5.74) is 4.69. The summed E-state index contributed by atoms with van der Waals surface area (Å²) in [5.74, 6) is 0.781. The van der Waals surface area contributed by atoms with Gasteiger partial charge in [-0.2, -0.15) is 0 Å². The maximum atomic E-state index is 4.49. The van der Waals surface area contributed by atoms with Gasteiger partial charge in [0, 0.05) is 31.7 Å². The van der Waals surface area contributed by atoms with Gasteiger partial charge in [0.05, 0.1) is 5.52 Å². The van der Waals surface area contributed by atoms with E-state index in [2.05, 4.69) is 76.1 Å². The second-order valence-electron chi connectivity index (χ2n) is 5.76. The van der Waals surface area contributed by atoms with Crippen molar-refractivity contribution in [3.8, 4) is 0 Å². The summed E-state index contributed by atoms with van der Waals surface area (Å²) in [4.78, 5) is 8.78. The Morgan fingerprint density at radius 1 is 0.958 bits per heavy atom. The molecule has 24 heavy (non-hydrogen) atoms. The minimum Gasteiger partial charge on any atom is -0.352 e. The number of aromatic nitrogens is 1. The Morgan fingerprint density at radius 3 is 2.50 bits per heavy atom. The Bertz CT molecular complexity index is 832. The lowest BCUT2D eigenvalue weighted by Gasteiger charge is -2.13. The fourth-order valence-corrected chi connectivity index (χ4v) is 2.60. The minimum absolute atomic E-state index is 0.682. The van der Waals surface area contributed by atoms with E-state index in [-0.39, 0.29) is 0 Å². The van der Waals surface area contributed by atoms with Crippen LogP contribution >= 0.6 is 0 Å². The summed E-state index contributed by atoms with van der Waals surface area (Å²) >= 11 is 0. The summed E-state index contributed by atoms with van der Waals surface area (Å²) in [7, 11) is 1.78. The van der Waals surface area contributed by atoms with Gasteiger partial charge in [0.1, 0.15) is 0 Å². The van der Waals surface area contributed by atoms with Crippen molar-refractivity contribution >= 4 is 16.9 Å². The Kier molecular flexibility index (Phi) is 5.06. The molecular weight excluding hydrogens is 296 g/mol. The molecule has 0 saturated heterocycles. The first-order valence-corrected chi connectivity index (χ1v) is 8.09. The molecule has 2 N–H and O–H groups in total. The maximum absolute atomic E-state index is 4.49. The molecule has 0 aliphatic carbocycles. The molecule has 4 nitrogen and oxygen atoms in total. The maximum Gasteiger partial charge on any atom is 0.191 e. The van der Waals surface area contributed by atoms with Gasteiger partial charge in [-0.25, -0.2) is 0 Å². The predicted octanol–water partition coefficient (Wildman–Crippen LogP) is 3.41. The van der Waals surface area contributed by atoms with E-state index in [1.807, 2.05) is 12.3 Å². The molecule has 0 fully saturated rings. The zero-order chi connectivity index (χ0) is 16.8. The van der Waals surface area contributed by atoms with Gasteiger partial charge in [-0.1, -0.05) is 54.1 Å². The van der Waals surface area contributed by atoms with Crippen LogP contribution in [0.25, 0.3) is 10.9 Å². The smallest absolute Gasteiger partial charge is 0.191 e. The van der Waals surface area contributed by atoms with E-state index in [1.165, 1.54) is 11.1 Å². The summed E-state index contributed by atoms with van der Waals surface area (Å²) in [6.07, 6.45) is 1.83. The van der Waals surface area contributed by atoms with Crippen LogP contribution in [0.2, 0.25) is 0 Å². The van der Waals surface area contributed by atoms with E-state index in [9.17, 15) is 0 Å². The molecule has 1 heterocycles. The van der Waals surface area contributed by atoms with Crippen LogP contribution in [-0.4, -0.2) is 18.0 Å². The van der Waals surface area contributed by atoms with Crippen molar-refractivity contribution in [1.82, 2.24) is 15.6 Å². The normalized spacial score (nSPS) is 11.5. The van der Waals surface area contributed by atoms with Crippen molar-refractivity contribution in [2.75, 3.05) is 7.05 Å². The molecule has 0 unspecified atom stereocenters. The van der Waals surface area contributed by atoms with Crippen LogP contribution in [0.5, 0.6) is 0 Å². The number of nitrogens with zero attached hydrogens (tertiary/aromatic N) is 2. The Labute approximate surface area is 142 Å². The van der Waals surface area contributed by atoms with E-state index < -0.39 is 0 Å². The standard InChI is InChI=1S/C20H22N4/c1-15-8-10-16(11-9-15)13-23-20(21-2)24-14-18-6-3-5-17-7-4-12-22-19(17)18/h3-12H,13-14H2,1-2H3,(H2,21,23,24). The Morgan fingerprint density at radius 2 is 1.71 bits per heavy atom. The second-order valence-corrected chi connectivity index (χ2v) is 5.76. The summed E-state index contributed by atoms with van der Waals surface area (Å²) in [5, 5.41) is 7.85. The Hall–Kier alpha value is -2.88. The highest BCUT2D eigenvalue weighted by atomic mass is 15.2. The van der Waals surface area contributed by atoms with Crippen molar-refractivity contribution in [3.05, 3.63) is 77.5 Å². The number of hydrogen-bond acceptors (Lipinski definition) is 2. The van der Waals surface area contributed by atoms with E-state index in [0.717, 1.165) is 29.0 Å². The summed E-state index contributed by atoms with van der Waals surface area (Å²) < 4.78 is 0. The molecule has 0 bridgehead atoms. The fraction of sp³-hybridized carbons (Fsp3) is 0.200. The average Bonchev–Trinajstić information content (AvgIpc) is 2.63. The molecule has 3 rings (SSSR count). The van der Waals surface area contributed by atoms with Gasteiger partial charge in [0.2, 0.25) is 0 Å². The number of rotatable bonds is 4. The van der Waals surface area contributed by atoms with Gasteiger partial charge in [0.15, 0.2) is 5.96 Å². The number of guanidine groups is 1. The lowest BCUT2D eigenvalue weighted by atomic mass is 10.1. The number of benzene rings is 2. The van der Waals surface area contributed by atoms with Gasteiger partial charge in [-0.3, -0.25) is 9.98 Å². The Balaban J connectivity index is 1.62. The SMILES string of the molecule is CN=C(NCc1ccc(C)cc1)NCc1cccc2cccnc12. The lowest BCUT2D eigenvalue weighted by Crippen LogP contribution is -2.36. The second kappa shape index (κ2) is 7.59. The molecule has 0 spiro atoms. The molecule has 0 atom stereocenters. The average molecular weight is 318 g/mol. The van der Waals surface area contributed by atoms with Crippen molar-refractivity contribution in [2.24, 2.45) is 4.99 Å². The molecule has 0 amide bonds. The van der Waals surface area contributed by atoms with Crippen LogP contribution in [0.3, 0.4) is 0 Å². The summed E-state index contributed by atoms with van der Waals surface area (Å²) in [6, 6.07) is 18.8. The number of pyridine rings is 1. The van der Waals surface area contributed by atoms with Gasteiger partial charge >= 0.3 is 0 Å². The van der Waals surface area contributed by atoms with Crippen LogP contribution in [0.15, 0.2) is 65.8 Å². The third-order valence-corrected chi connectivity index (χ3v) is 3.97. The highest BCUT2D eigenvalue weighted by molar-refractivity contribution is 5.83. The lowest BCUT2D eigenvalue weighted by molar-refractivity contribution is 0.811. The molecular formula is C20H22N4. The molecule has 122 valence electrons. The molecule has 0 radical (unpaired) electrons. The number of fused-ring (bicyclic) bond motifs is 1. The third-order valence-electron chi connectivity index (χ3n) is 3.97. The molecule has 0 saturated carbocycles. The summed E-state index contributed by atoms with van der Waals surface area (Å²) in [6.45, 7) is 3.52. The first-order chi connectivity index (χ1) is 11.8. The van der Waals surface area contributed by atoms with Crippen molar-refractivity contribution in [3.63, 3.8) is 0 Å². The zero-order valence-corrected chi connectivity index (χ0v) is 14.1. The van der Waals surface area contributed by atoms with Crippen molar-refractivity contribution < 1.29 is 0 Å². The molecule has 3 aromatic rings. The number of para-hydroxylation sites is 1. The highest BCUT2D eigenvalue weighted by Crippen LogP contribution is 2.15. The van der Waals surface area contributed by atoms with Crippen LogP contribution in [0.1, 0.15) is 16.7 Å². The quantitative estimate of drug-likeness (QED) is 0.572. The van der Waals surface area contributed by atoms with Crippen molar-refractivity contribution in [1.29, 1.82) is 0 Å². The zero-order valence-electron chi connectivity index (χ0n) is 14.1. The van der Waals surface area contributed by atoms with Crippen LogP contribution in [0, 0.1) is 6.92 Å². The number of hydrogen-bond donors (Lipinski definition) is 2. The van der Waals surface area contributed by atoms with E-state index in [0.29, 0.717) is 6.54 Å². The van der Waals surface area contributed by atoms with Gasteiger partial charge in [0.25, 0.3) is 0 Å². The van der Waals surface area contributed by atoms with Crippen molar-refractivity contribution in [2.45, 2.75) is 20.0 Å². The highest BCUT2D eigenvalue weighted by Gasteiger charge is 2.03. The van der Waals surface area contributed by atoms with Gasteiger partial charge in [-0.05, 0) is 24.1 Å². The number of nitrogens with one attached hydrogen (secondary N) is 2. The molecule has 0 aliphatic rings. The monoisotopic (exact) mass is 318 g/mol. The number of aliphatic imine (C=N–C) groups is 1. The van der Waals surface area contributed by atoms with Crippen LogP contribution < -0.4 is 10.6 Å². The molecule has 1 aromatic heterocycles. The largest absolute Gasteiger partial charge is 0.352 e. The van der Waals surface area contributed by atoms with E-state index in [1.54, 1.807) is 7.05 Å². The van der Waals surface area contributed by atoms with Gasteiger partial charge in [-0.15, -0.1) is 0 Å². The fourth-order valence-electron chi connectivity index (χ4n) is 2.60. The molecule has 0 aliphatic heterocycles. The third kappa shape index (κ3) is 3.90. The first kappa shape index (κ1) is 16.0. The van der Waals surface area contributed by atoms with Crippen LogP contribution in [0.4, 0.5) is 0 Å². The molecule has 2 aromatic carbocycles. The van der Waals surface area contributed by atoms with Gasteiger partial charge < -0.3 is 10.6 Å². The predicted molar refractivity (Wildman–Crippen MR) is 100.0 cm³/mol. The first-order valence-electron chi connectivity index (χ1n) is 8.09. The van der Waals surface area contributed by atoms with E-state index in [4.69, 9.17) is 0 Å². The topological polar surface area (TPSA) is 49.3 Å².